The van der Waals surface area contributed by atoms with Gasteiger partial charge in [0.05, 0.1) is 11.5 Å². The van der Waals surface area contributed by atoms with Crippen molar-refractivity contribution in [1.82, 2.24) is 25.1 Å². The first-order valence-corrected chi connectivity index (χ1v) is 11.0. The monoisotopic (exact) mass is 391 g/mol. The first-order chi connectivity index (χ1) is 12.8. The van der Waals surface area contributed by atoms with Crippen molar-refractivity contribution in [1.29, 1.82) is 0 Å². The highest BCUT2D eigenvalue weighted by Crippen LogP contribution is 2.22. The Morgan fingerprint density at radius 1 is 1.33 bits per heavy atom. The smallest absolute Gasteiger partial charge is 0.246 e. The predicted molar refractivity (Wildman–Crippen MR) is 102 cm³/mol. The summed E-state index contributed by atoms with van der Waals surface area (Å²) in [6.45, 7) is 5.87. The summed E-state index contributed by atoms with van der Waals surface area (Å²) in [6.07, 6.45) is 1.24. The maximum atomic E-state index is 12.9. The Balaban J connectivity index is 1.75. The van der Waals surface area contributed by atoms with Crippen LogP contribution in [0.1, 0.15) is 32.3 Å². The molecule has 0 radical (unpaired) electrons. The van der Waals surface area contributed by atoms with E-state index in [-0.39, 0.29) is 36.0 Å². The van der Waals surface area contributed by atoms with Crippen molar-refractivity contribution in [2.75, 3.05) is 11.5 Å². The third-order valence-electron chi connectivity index (χ3n) is 4.99. The highest BCUT2D eigenvalue weighted by molar-refractivity contribution is 7.91. The molecule has 146 valence electrons. The zero-order valence-electron chi connectivity index (χ0n) is 15.9. The number of aromatic nitrogens is 4. The third kappa shape index (κ3) is 4.52. The number of sulfone groups is 1. The van der Waals surface area contributed by atoms with Crippen molar-refractivity contribution in [3.05, 3.63) is 29.8 Å². The van der Waals surface area contributed by atoms with E-state index in [0.29, 0.717) is 12.2 Å². The molecule has 27 heavy (non-hydrogen) atoms. The van der Waals surface area contributed by atoms with Crippen LogP contribution in [0.3, 0.4) is 0 Å². The average molecular weight is 391 g/mol. The van der Waals surface area contributed by atoms with E-state index in [1.165, 1.54) is 4.80 Å². The van der Waals surface area contributed by atoms with Crippen LogP contribution in [0, 0.1) is 6.92 Å². The van der Waals surface area contributed by atoms with E-state index >= 15 is 0 Å². The molecular weight excluding hydrogens is 366 g/mol. The lowest BCUT2D eigenvalue weighted by atomic mass is 10.1. The van der Waals surface area contributed by atoms with Crippen LogP contribution in [0.25, 0.3) is 11.4 Å². The summed E-state index contributed by atoms with van der Waals surface area (Å²) in [4.78, 5) is 15.9. The minimum absolute atomic E-state index is 0.0302. The van der Waals surface area contributed by atoms with Gasteiger partial charge < -0.3 is 4.90 Å². The summed E-state index contributed by atoms with van der Waals surface area (Å²) < 4.78 is 23.7. The number of tetrazole rings is 1. The SMILES string of the molecule is CC[C@H](C)N(C(=O)Cn1nnc(-c2ccc(C)cc2)n1)[C@@H]1CCS(=O)(=O)C1. The van der Waals surface area contributed by atoms with Gasteiger partial charge in [-0.1, -0.05) is 36.8 Å². The zero-order chi connectivity index (χ0) is 19.6. The standard InChI is InChI=1S/C18H25N5O3S/c1-4-14(3)23(16-9-10-27(25,26)12-16)17(24)11-22-20-18(19-21-22)15-7-5-13(2)6-8-15/h5-8,14,16H,4,9-12H2,1-3H3/t14-,16+/m0/s1. The van der Waals surface area contributed by atoms with Crippen LogP contribution in [0.2, 0.25) is 0 Å². The highest BCUT2D eigenvalue weighted by Gasteiger charge is 2.36. The Bertz CT molecular complexity index is 907. The fourth-order valence-corrected chi connectivity index (χ4v) is 5.04. The fraction of sp³-hybridized carbons (Fsp3) is 0.556. The molecule has 2 aromatic rings. The van der Waals surface area contributed by atoms with Gasteiger partial charge in [0.25, 0.3) is 0 Å². The lowest BCUT2D eigenvalue weighted by Crippen LogP contribution is -2.48. The maximum absolute atomic E-state index is 12.9. The Morgan fingerprint density at radius 2 is 2.04 bits per heavy atom. The van der Waals surface area contributed by atoms with Gasteiger partial charge in [-0.25, -0.2) is 8.42 Å². The van der Waals surface area contributed by atoms with Crippen LogP contribution < -0.4 is 0 Å². The largest absolute Gasteiger partial charge is 0.334 e. The topological polar surface area (TPSA) is 98.1 Å². The number of carbonyl (C=O) groups excluding carboxylic acids is 1. The minimum Gasteiger partial charge on any atom is -0.334 e. The molecule has 2 heterocycles. The quantitative estimate of drug-likeness (QED) is 0.739. The number of nitrogens with zero attached hydrogens (tertiary/aromatic N) is 5. The number of hydrogen-bond donors (Lipinski definition) is 0. The van der Waals surface area contributed by atoms with Crippen molar-refractivity contribution < 1.29 is 13.2 Å². The van der Waals surface area contributed by atoms with Gasteiger partial charge in [0.1, 0.15) is 6.54 Å². The molecule has 1 amide bonds. The lowest BCUT2D eigenvalue weighted by Gasteiger charge is -2.33. The van der Waals surface area contributed by atoms with Crippen molar-refractivity contribution in [2.24, 2.45) is 0 Å². The van der Waals surface area contributed by atoms with Gasteiger partial charge in [-0.2, -0.15) is 4.80 Å². The molecule has 0 aliphatic carbocycles. The van der Waals surface area contributed by atoms with E-state index in [1.807, 2.05) is 45.0 Å². The molecular formula is C18H25N5O3S. The van der Waals surface area contributed by atoms with Gasteiger partial charge >= 0.3 is 0 Å². The van der Waals surface area contributed by atoms with Crippen LogP contribution in [-0.4, -0.2) is 63.0 Å². The number of hydrogen-bond acceptors (Lipinski definition) is 6. The molecule has 8 nitrogen and oxygen atoms in total. The molecule has 1 aliphatic heterocycles. The summed E-state index contributed by atoms with van der Waals surface area (Å²) in [5.41, 5.74) is 1.97. The molecule has 9 heteroatoms. The van der Waals surface area contributed by atoms with Gasteiger partial charge in [0, 0.05) is 17.6 Å². The molecule has 0 N–H and O–H groups in total. The van der Waals surface area contributed by atoms with Crippen molar-refractivity contribution >= 4 is 15.7 Å². The summed E-state index contributed by atoms with van der Waals surface area (Å²) in [7, 11) is -3.07. The molecule has 3 rings (SSSR count). The number of rotatable bonds is 6. The summed E-state index contributed by atoms with van der Waals surface area (Å²) in [5.74, 6) is 0.445. The third-order valence-corrected chi connectivity index (χ3v) is 6.75. The van der Waals surface area contributed by atoms with Gasteiger partial charge in [-0.3, -0.25) is 4.79 Å². The molecule has 0 saturated carbocycles. The molecule has 1 saturated heterocycles. The van der Waals surface area contributed by atoms with Crippen LogP contribution in [-0.2, 0) is 21.2 Å². The van der Waals surface area contributed by atoms with Crippen molar-refractivity contribution in [2.45, 2.75) is 52.2 Å². The van der Waals surface area contributed by atoms with Crippen LogP contribution in [0.5, 0.6) is 0 Å². The van der Waals surface area contributed by atoms with Gasteiger partial charge in [0.2, 0.25) is 11.7 Å². The second kappa shape index (κ2) is 7.75. The molecule has 1 aliphatic rings. The number of amides is 1. The van der Waals surface area contributed by atoms with Gasteiger partial charge in [0.15, 0.2) is 9.84 Å². The first-order valence-electron chi connectivity index (χ1n) is 9.15. The summed E-state index contributed by atoms with van der Waals surface area (Å²) in [6, 6.07) is 7.42. The van der Waals surface area contributed by atoms with E-state index < -0.39 is 9.84 Å². The number of carbonyl (C=O) groups is 1. The molecule has 2 atom stereocenters. The van der Waals surface area contributed by atoms with E-state index in [0.717, 1.165) is 17.5 Å². The second-order valence-electron chi connectivity index (χ2n) is 7.12. The fourth-order valence-electron chi connectivity index (χ4n) is 3.33. The summed E-state index contributed by atoms with van der Waals surface area (Å²) in [5, 5.41) is 12.3. The first kappa shape index (κ1) is 19.5. The van der Waals surface area contributed by atoms with Crippen LogP contribution in [0.4, 0.5) is 0 Å². The predicted octanol–water partition coefficient (Wildman–Crippen LogP) is 1.46. The van der Waals surface area contributed by atoms with Crippen molar-refractivity contribution in [3.63, 3.8) is 0 Å². The molecule has 1 fully saturated rings. The van der Waals surface area contributed by atoms with E-state index in [2.05, 4.69) is 15.4 Å². The van der Waals surface area contributed by atoms with Crippen LogP contribution in [0.15, 0.2) is 24.3 Å². The Labute approximate surface area is 159 Å². The van der Waals surface area contributed by atoms with Crippen molar-refractivity contribution in [3.8, 4) is 11.4 Å². The lowest BCUT2D eigenvalue weighted by molar-refractivity contribution is -0.136. The Hall–Kier alpha value is -2.29. The summed E-state index contributed by atoms with van der Waals surface area (Å²) >= 11 is 0. The molecule has 1 aromatic heterocycles. The molecule has 1 aromatic carbocycles. The molecule has 0 bridgehead atoms. The molecule has 0 spiro atoms. The minimum atomic E-state index is -3.07. The zero-order valence-corrected chi connectivity index (χ0v) is 16.7. The van der Waals surface area contributed by atoms with E-state index in [4.69, 9.17) is 0 Å². The average Bonchev–Trinajstić information content (AvgIpc) is 3.22. The maximum Gasteiger partial charge on any atom is 0.246 e. The molecule has 0 unspecified atom stereocenters. The second-order valence-corrected chi connectivity index (χ2v) is 9.35. The van der Waals surface area contributed by atoms with Gasteiger partial charge in [-0.15, -0.1) is 10.2 Å². The Kier molecular flexibility index (Phi) is 5.59. The normalized spacial score (nSPS) is 19.7. The van der Waals surface area contributed by atoms with Gasteiger partial charge in [-0.05, 0) is 31.9 Å². The van der Waals surface area contributed by atoms with E-state index in [1.54, 1.807) is 4.90 Å². The highest BCUT2D eigenvalue weighted by atomic mass is 32.2. The Morgan fingerprint density at radius 3 is 2.63 bits per heavy atom. The number of benzene rings is 1. The van der Waals surface area contributed by atoms with Crippen LogP contribution >= 0.6 is 0 Å². The number of aryl methyl sites for hydroxylation is 1. The van der Waals surface area contributed by atoms with E-state index in [9.17, 15) is 13.2 Å².